The quantitative estimate of drug-likeness (QED) is 0.451. The second kappa shape index (κ2) is 3.34. The molecule has 0 N–H and O–H groups in total. The second-order valence-corrected chi connectivity index (χ2v) is 3.39. The van der Waals surface area contributed by atoms with E-state index in [0.29, 0.717) is 9.13 Å². The van der Waals surface area contributed by atoms with E-state index >= 15 is 0 Å². The Kier molecular flexibility index (Phi) is 2.61. The van der Waals surface area contributed by atoms with Gasteiger partial charge in [0.1, 0.15) is 5.82 Å². The average molecular weight is 281 g/mol. The summed E-state index contributed by atoms with van der Waals surface area (Å²) in [4.78, 5) is 9.77. The van der Waals surface area contributed by atoms with Gasteiger partial charge in [0.2, 0.25) is 0 Å². The molecule has 0 heterocycles. The second-order valence-electron chi connectivity index (χ2n) is 2.31. The van der Waals surface area contributed by atoms with E-state index < -0.39 is 10.7 Å². The summed E-state index contributed by atoms with van der Waals surface area (Å²) in [5.41, 5.74) is 0.412. The van der Waals surface area contributed by atoms with E-state index in [-0.39, 0.29) is 5.69 Å². The minimum Gasteiger partial charge on any atom is -0.258 e. The fourth-order valence-corrected chi connectivity index (χ4v) is 1.35. The Bertz CT molecular complexity index is 340. The van der Waals surface area contributed by atoms with Gasteiger partial charge < -0.3 is 0 Å². The summed E-state index contributed by atoms with van der Waals surface area (Å²) >= 11 is 1.83. The van der Waals surface area contributed by atoms with Crippen LogP contribution in [0.4, 0.5) is 10.1 Å². The number of benzene rings is 1. The summed E-state index contributed by atoms with van der Waals surface area (Å²) in [7, 11) is 0. The van der Waals surface area contributed by atoms with Crippen molar-refractivity contribution in [3.8, 4) is 0 Å². The first-order valence-corrected chi connectivity index (χ1v) is 4.20. The van der Waals surface area contributed by atoms with Gasteiger partial charge in [0.25, 0.3) is 5.69 Å². The molecule has 1 aromatic carbocycles. The highest BCUT2D eigenvalue weighted by Crippen LogP contribution is 2.24. The lowest BCUT2D eigenvalue weighted by molar-refractivity contribution is -0.386. The number of hydrogen-bond acceptors (Lipinski definition) is 2. The van der Waals surface area contributed by atoms with E-state index in [2.05, 4.69) is 0 Å². The van der Waals surface area contributed by atoms with Crippen molar-refractivity contribution in [2.75, 3.05) is 0 Å². The van der Waals surface area contributed by atoms with Crippen LogP contribution in [-0.4, -0.2) is 4.92 Å². The summed E-state index contributed by atoms with van der Waals surface area (Å²) < 4.78 is 13.1. The molecule has 0 aliphatic heterocycles. The summed E-state index contributed by atoms with van der Waals surface area (Å²) in [6.45, 7) is 1.64. The predicted molar refractivity (Wildman–Crippen MR) is 50.5 cm³/mol. The first-order valence-electron chi connectivity index (χ1n) is 3.12. The topological polar surface area (TPSA) is 43.1 Å². The molecule has 0 saturated heterocycles. The summed E-state index contributed by atoms with van der Waals surface area (Å²) in [6.07, 6.45) is 0. The van der Waals surface area contributed by atoms with E-state index in [1.807, 2.05) is 22.6 Å². The molecule has 1 rings (SSSR count). The smallest absolute Gasteiger partial charge is 0.258 e. The average Bonchev–Trinajstić information content (AvgIpc) is 1.96. The van der Waals surface area contributed by atoms with Crippen LogP contribution < -0.4 is 0 Å². The standard InChI is InChI=1S/C7H5FINO2/c1-4-2-5(8)3-6(7(4)9)10(11)12/h2-3H,1H3. The molecule has 0 bridgehead atoms. The highest BCUT2D eigenvalue weighted by molar-refractivity contribution is 14.1. The van der Waals surface area contributed by atoms with Gasteiger partial charge in [-0.15, -0.1) is 0 Å². The molecule has 5 heteroatoms. The minimum atomic E-state index is -0.585. The first kappa shape index (κ1) is 9.37. The van der Waals surface area contributed by atoms with Crippen molar-refractivity contribution in [1.82, 2.24) is 0 Å². The molecule has 0 aliphatic rings. The van der Waals surface area contributed by atoms with Crippen LogP contribution in [0.15, 0.2) is 12.1 Å². The molecule has 0 aliphatic carbocycles. The summed E-state index contributed by atoms with van der Waals surface area (Å²) in [5.74, 6) is -0.570. The molecule has 1 aromatic rings. The van der Waals surface area contributed by atoms with Crippen LogP contribution in [0.1, 0.15) is 5.56 Å². The van der Waals surface area contributed by atoms with Gasteiger partial charge in [0.15, 0.2) is 0 Å². The molecule has 0 fully saturated rings. The van der Waals surface area contributed by atoms with E-state index in [1.165, 1.54) is 6.07 Å². The van der Waals surface area contributed by atoms with Gasteiger partial charge in [0, 0.05) is 0 Å². The molecule has 0 atom stereocenters. The largest absolute Gasteiger partial charge is 0.285 e. The maximum Gasteiger partial charge on any atom is 0.285 e. The van der Waals surface area contributed by atoms with E-state index in [1.54, 1.807) is 6.92 Å². The maximum atomic E-state index is 12.7. The molecule has 0 unspecified atom stereocenters. The molecule has 3 nitrogen and oxygen atoms in total. The zero-order valence-corrected chi connectivity index (χ0v) is 8.33. The van der Waals surface area contributed by atoms with E-state index in [4.69, 9.17) is 0 Å². The fourth-order valence-electron chi connectivity index (χ4n) is 0.841. The van der Waals surface area contributed by atoms with Crippen molar-refractivity contribution in [3.63, 3.8) is 0 Å². The Labute approximate surface area is 81.9 Å². The first-order chi connectivity index (χ1) is 5.52. The number of halogens is 2. The van der Waals surface area contributed by atoms with E-state index in [0.717, 1.165) is 6.07 Å². The predicted octanol–water partition coefficient (Wildman–Crippen LogP) is 2.65. The fraction of sp³-hybridized carbons (Fsp3) is 0.143. The van der Waals surface area contributed by atoms with Crippen LogP contribution in [-0.2, 0) is 0 Å². The number of nitro groups is 1. The highest BCUT2D eigenvalue weighted by Gasteiger charge is 2.14. The Morgan fingerprint density at radius 2 is 2.17 bits per heavy atom. The lowest BCUT2D eigenvalue weighted by Gasteiger charge is -1.98. The summed E-state index contributed by atoms with van der Waals surface area (Å²) in [5, 5.41) is 10.4. The third-order valence-electron chi connectivity index (χ3n) is 1.40. The molecule has 0 saturated carbocycles. The molecule has 12 heavy (non-hydrogen) atoms. The van der Waals surface area contributed by atoms with Crippen LogP contribution in [0.25, 0.3) is 0 Å². The highest BCUT2D eigenvalue weighted by atomic mass is 127. The molecule has 0 amide bonds. The number of nitrogens with zero attached hydrogens (tertiary/aromatic N) is 1. The van der Waals surface area contributed by atoms with Gasteiger partial charge in [-0.2, -0.15) is 0 Å². The van der Waals surface area contributed by atoms with Crippen LogP contribution in [0.3, 0.4) is 0 Å². The van der Waals surface area contributed by atoms with Crippen LogP contribution in [0.5, 0.6) is 0 Å². The Morgan fingerprint density at radius 1 is 1.58 bits per heavy atom. The van der Waals surface area contributed by atoms with E-state index in [9.17, 15) is 14.5 Å². The van der Waals surface area contributed by atoms with Crippen molar-refractivity contribution in [2.45, 2.75) is 6.92 Å². The number of rotatable bonds is 1. The number of nitro benzene ring substituents is 1. The van der Waals surface area contributed by atoms with Crippen molar-refractivity contribution in [3.05, 3.63) is 37.2 Å². The van der Waals surface area contributed by atoms with Crippen molar-refractivity contribution in [2.24, 2.45) is 0 Å². The monoisotopic (exact) mass is 281 g/mol. The van der Waals surface area contributed by atoms with Crippen molar-refractivity contribution < 1.29 is 9.31 Å². The molecular formula is C7H5FINO2. The van der Waals surface area contributed by atoms with Gasteiger partial charge >= 0.3 is 0 Å². The lowest BCUT2D eigenvalue weighted by atomic mass is 10.2. The maximum absolute atomic E-state index is 12.7. The number of hydrogen-bond donors (Lipinski definition) is 0. The van der Waals surface area contributed by atoms with Gasteiger partial charge in [-0.1, -0.05) is 0 Å². The molecule has 0 radical (unpaired) electrons. The third kappa shape index (κ3) is 1.71. The SMILES string of the molecule is Cc1cc(F)cc([N+](=O)[O-])c1I. The third-order valence-corrected chi connectivity index (χ3v) is 2.80. The van der Waals surface area contributed by atoms with Crippen LogP contribution in [0, 0.1) is 26.4 Å². The summed E-state index contributed by atoms with van der Waals surface area (Å²) in [6, 6.07) is 2.20. The van der Waals surface area contributed by atoms with Crippen molar-refractivity contribution >= 4 is 28.3 Å². The van der Waals surface area contributed by atoms with Gasteiger partial charge in [-0.25, -0.2) is 4.39 Å². The zero-order chi connectivity index (χ0) is 9.30. The Hall–Kier alpha value is -0.720. The molecular weight excluding hydrogens is 276 g/mol. The van der Waals surface area contributed by atoms with Gasteiger partial charge in [-0.05, 0) is 41.1 Å². The van der Waals surface area contributed by atoms with Gasteiger partial charge in [0.05, 0.1) is 14.6 Å². The van der Waals surface area contributed by atoms with Gasteiger partial charge in [-0.3, -0.25) is 10.1 Å². The molecule has 64 valence electrons. The Balaban J connectivity index is 3.37. The normalized spacial score (nSPS) is 9.92. The molecule has 0 aromatic heterocycles. The van der Waals surface area contributed by atoms with Crippen LogP contribution in [0.2, 0.25) is 0 Å². The van der Waals surface area contributed by atoms with Crippen molar-refractivity contribution in [1.29, 1.82) is 0 Å². The minimum absolute atomic E-state index is 0.173. The zero-order valence-electron chi connectivity index (χ0n) is 6.17. The lowest BCUT2D eigenvalue weighted by Crippen LogP contribution is -1.94. The Morgan fingerprint density at radius 3 is 2.67 bits per heavy atom. The number of aryl methyl sites for hydroxylation is 1. The molecule has 0 spiro atoms. The van der Waals surface area contributed by atoms with Crippen LogP contribution >= 0.6 is 22.6 Å².